The number of rotatable bonds is 5. The quantitative estimate of drug-likeness (QED) is 0.501. The number of nitrogens with zero attached hydrogens (tertiary/aromatic N) is 3. The van der Waals surface area contributed by atoms with Crippen molar-refractivity contribution in [1.29, 1.82) is 0 Å². The number of amides is 1. The van der Waals surface area contributed by atoms with Crippen LogP contribution in [-0.4, -0.2) is 25.8 Å². The molecule has 0 radical (unpaired) electrons. The third-order valence-corrected chi connectivity index (χ3v) is 4.43. The van der Waals surface area contributed by atoms with Crippen molar-refractivity contribution in [2.24, 2.45) is 0 Å². The van der Waals surface area contributed by atoms with Crippen LogP contribution in [0.1, 0.15) is 18.3 Å². The molecule has 2 aromatic heterocycles. The number of carbonyl (C=O) groups excluding carboxylic acids is 1. The highest BCUT2D eigenvalue weighted by atomic mass is 16.1. The van der Waals surface area contributed by atoms with E-state index in [1.54, 1.807) is 30.5 Å². The number of hydrogen-bond acceptors (Lipinski definition) is 5. The molecule has 4 rings (SSSR count). The van der Waals surface area contributed by atoms with Crippen molar-refractivity contribution < 1.29 is 4.79 Å². The van der Waals surface area contributed by atoms with Gasteiger partial charge >= 0.3 is 0 Å². The van der Waals surface area contributed by atoms with Crippen molar-refractivity contribution in [2.75, 3.05) is 5.32 Å². The third-order valence-electron chi connectivity index (χ3n) is 4.43. The smallest absolute Gasteiger partial charge is 0.251 e. The van der Waals surface area contributed by atoms with E-state index in [1.165, 1.54) is 12.1 Å². The van der Waals surface area contributed by atoms with Gasteiger partial charge in [-0.2, -0.15) is 0 Å². The number of para-hydroxylation sites is 2. The number of H-pyrrole nitrogens is 1. The van der Waals surface area contributed by atoms with Crippen LogP contribution in [0.15, 0.2) is 71.7 Å². The van der Waals surface area contributed by atoms with Crippen LogP contribution in [0.2, 0.25) is 0 Å². The second kappa shape index (κ2) is 8.48. The summed E-state index contributed by atoms with van der Waals surface area (Å²) < 4.78 is 0. The lowest BCUT2D eigenvalue weighted by Gasteiger charge is -2.06. The van der Waals surface area contributed by atoms with Crippen LogP contribution in [0.5, 0.6) is 0 Å². The number of aromatic nitrogens is 4. The van der Waals surface area contributed by atoms with E-state index in [9.17, 15) is 9.59 Å². The zero-order valence-electron chi connectivity index (χ0n) is 16.3. The summed E-state index contributed by atoms with van der Waals surface area (Å²) in [5.74, 6) is 0.170. The SMILES string of the molecule is CCc1cc(=O)[nH]c(-c2cccc(NC(=O)/C=C/c3cnc4ccccc4n3)c2)n1. The number of carbonyl (C=O) groups is 1. The maximum absolute atomic E-state index is 12.3. The standard InChI is InChI=1S/C23H19N5O2/c1-2-16-13-22(30)28-23(27-16)15-6-5-7-17(12-15)26-21(29)11-10-18-14-24-19-8-3-4-9-20(19)25-18/h3-14H,2H2,1H3,(H,26,29)(H,27,28,30)/b11-10+. The van der Waals surface area contributed by atoms with Crippen LogP contribution in [0.3, 0.4) is 0 Å². The molecule has 30 heavy (non-hydrogen) atoms. The van der Waals surface area contributed by atoms with E-state index in [1.807, 2.05) is 37.3 Å². The van der Waals surface area contributed by atoms with Crippen molar-refractivity contribution in [3.05, 3.63) is 88.6 Å². The summed E-state index contributed by atoms with van der Waals surface area (Å²) in [7, 11) is 0. The topological polar surface area (TPSA) is 101 Å². The highest BCUT2D eigenvalue weighted by Crippen LogP contribution is 2.19. The summed E-state index contributed by atoms with van der Waals surface area (Å²) in [5.41, 5.74) is 3.98. The van der Waals surface area contributed by atoms with E-state index in [-0.39, 0.29) is 11.5 Å². The summed E-state index contributed by atoms with van der Waals surface area (Å²) >= 11 is 0. The van der Waals surface area contributed by atoms with Gasteiger partial charge in [-0.25, -0.2) is 9.97 Å². The molecule has 0 bridgehead atoms. The Labute approximate surface area is 172 Å². The van der Waals surface area contributed by atoms with E-state index in [0.29, 0.717) is 34.9 Å². The van der Waals surface area contributed by atoms with Crippen LogP contribution < -0.4 is 10.9 Å². The van der Waals surface area contributed by atoms with Crippen molar-refractivity contribution in [3.8, 4) is 11.4 Å². The minimum atomic E-state index is -0.300. The van der Waals surface area contributed by atoms with Gasteiger partial charge in [0, 0.05) is 29.1 Å². The molecule has 7 heteroatoms. The fourth-order valence-corrected chi connectivity index (χ4v) is 2.97. The van der Waals surface area contributed by atoms with Gasteiger partial charge in [-0.15, -0.1) is 0 Å². The van der Waals surface area contributed by atoms with Gasteiger partial charge in [0.25, 0.3) is 5.56 Å². The average Bonchev–Trinajstić information content (AvgIpc) is 2.77. The molecule has 0 saturated heterocycles. The fourth-order valence-electron chi connectivity index (χ4n) is 2.97. The summed E-state index contributed by atoms with van der Waals surface area (Å²) in [4.78, 5) is 40.1. The molecule has 0 aliphatic carbocycles. The molecule has 0 unspecified atom stereocenters. The largest absolute Gasteiger partial charge is 0.322 e. The van der Waals surface area contributed by atoms with Crippen molar-refractivity contribution in [3.63, 3.8) is 0 Å². The molecule has 148 valence electrons. The first-order valence-corrected chi connectivity index (χ1v) is 9.52. The highest BCUT2D eigenvalue weighted by molar-refractivity contribution is 6.02. The van der Waals surface area contributed by atoms with Gasteiger partial charge in [0.15, 0.2) is 0 Å². The fraction of sp³-hybridized carbons (Fsp3) is 0.0870. The number of aryl methyl sites for hydroxylation is 1. The van der Waals surface area contributed by atoms with Crippen LogP contribution in [0, 0.1) is 0 Å². The van der Waals surface area contributed by atoms with Gasteiger partial charge in [0.05, 0.1) is 22.9 Å². The van der Waals surface area contributed by atoms with E-state index >= 15 is 0 Å². The van der Waals surface area contributed by atoms with E-state index in [2.05, 4.69) is 25.3 Å². The Balaban J connectivity index is 1.50. The Hall–Kier alpha value is -4.13. The molecule has 2 aromatic carbocycles. The van der Waals surface area contributed by atoms with Gasteiger partial charge in [-0.05, 0) is 36.8 Å². The third kappa shape index (κ3) is 4.47. The predicted octanol–water partition coefficient (Wildman–Crippen LogP) is 3.59. The minimum Gasteiger partial charge on any atom is -0.322 e. The Morgan fingerprint density at radius 3 is 2.73 bits per heavy atom. The lowest BCUT2D eigenvalue weighted by molar-refractivity contribution is -0.111. The molecule has 0 saturated carbocycles. The van der Waals surface area contributed by atoms with E-state index in [0.717, 1.165) is 11.0 Å². The number of nitrogens with one attached hydrogen (secondary N) is 2. The Morgan fingerprint density at radius 2 is 1.90 bits per heavy atom. The van der Waals surface area contributed by atoms with Gasteiger partial charge in [0.1, 0.15) is 5.82 Å². The normalized spacial score (nSPS) is 11.1. The first-order chi connectivity index (χ1) is 14.6. The highest BCUT2D eigenvalue weighted by Gasteiger charge is 2.06. The number of aromatic amines is 1. The minimum absolute atomic E-state index is 0.203. The maximum atomic E-state index is 12.3. The molecule has 7 nitrogen and oxygen atoms in total. The zero-order chi connectivity index (χ0) is 20.9. The molecular weight excluding hydrogens is 378 g/mol. The summed E-state index contributed by atoms with van der Waals surface area (Å²) in [6.07, 6.45) is 5.30. The Morgan fingerprint density at radius 1 is 1.07 bits per heavy atom. The predicted molar refractivity (Wildman–Crippen MR) is 117 cm³/mol. The maximum Gasteiger partial charge on any atom is 0.251 e. The molecule has 0 spiro atoms. The number of fused-ring (bicyclic) bond motifs is 1. The second-order valence-electron chi connectivity index (χ2n) is 6.63. The lowest BCUT2D eigenvalue weighted by Crippen LogP contribution is -2.10. The van der Waals surface area contributed by atoms with E-state index < -0.39 is 0 Å². The summed E-state index contributed by atoms with van der Waals surface area (Å²) in [5, 5.41) is 2.81. The summed E-state index contributed by atoms with van der Waals surface area (Å²) in [6, 6.07) is 16.2. The Kier molecular flexibility index (Phi) is 5.43. The van der Waals surface area contributed by atoms with Crippen LogP contribution in [0.25, 0.3) is 28.5 Å². The van der Waals surface area contributed by atoms with Gasteiger partial charge in [-0.3, -0.25) is 14.6 Å². The second-order valence-corrected chi connectivity index (χ2v) is 6.63. The van der Waals surface area contributed by atoms with Gasteiger partial charge in [-0.1, -0.05) is 31.2 Å². The molecule has 0 fully saturated rings. The lowest BCUT2D eigenvalue weighted by atomic mass is 10.1. The number of benzene rings is 2. The van der Waals surface area contributed by atoms with Crippen LogP contribution in [0.4, 0.5) is 5.69 Å². The molecule has 1 amide bonds. The zero-order valence-corrected chi connectivity index (χ0v) is 16.3. The molecule has 2 heterocycles. The first-order valence-electron chi connectivity index (χ1n) is 9.52. The van der Waals surface area contributed by atoms with Crippen molar-refractivity contribution in [2.45, 2.75) is 13.3 Å². The average molecular weight is 397 g/mol. The van der Waals surface area contributed by atoms with Crippen molar-refractivity contribution in [1.82, 2.24) is 19.9 Å². The Bertz CT molecular complexity index is 1310. The molecule has 4 aromatic rings. The molecule has 0 atom stereocenters. The van der Waals surface area contributed by atoms with Gasteiger partial charge in [0.2, 0.25) is 5.91 Å². The van der Waals surface area contributed by atoms with Crippen LogP contribution >= 0.6 is 0 Å². The monoisotopic (exact) mass is 397 g/mol. The first kappa shape index (κ1) is 19.2. The molecular formula is C23H19N5O2. The molecule has 0 aliphatic rings. The molecule has 2 N–H and O–H groups in total. The number of hydrogen-bond donors (Lipinski definition) is 2. The van der Waals surface area contributed by atoms with Crippen molar-refractivity contribution >= 4 is 28.7 Å². The van der Waals surface area contributed by atoms with E-state index in [4.69, 9.17) is 0 Å². The van der Waals surface area contributed by atoms with Crippen LogP contribution in [-0.2, 0) is 11.2 Å². The summed E-state index contributed by atoms with van der Waals surface area (Å²) in [6.45, 7) is 1.94. The number of anilines is 1. The molecule has 0 aliphatic heterocycles. The van der Waals surface area contributed by atoms with Gasteiger partial charge < -0.3 is 10.3 Å².